The first-order valence-electron chi connectivity index (χ1n) is 8.79. The number of methoxy groups -OCH3 is 3. The second kappa shape index (κ2) is 9.75. The maximum atomic E-state index is 12.1. The Kier molecular flexibility index (Phi) is 6.86. The van der Waals surface area contributed by atoms with Gasteiger partial charge in [0, 0.05) is 17.0 Å². The van der Waals surface area contributed by atoms with Crippen LogP contribution >= 0.6 is 11.3 Å². The average Bonchev–Trinajstić information content (AvgIpc) is 3.25. The number of carbonyl (C=O) groups is 1. The van der Waals surface area contributed by atoms with E-state index in [-0.39, 0.29) is 6.61 Å². The molecule has 7 heteroatoms. The molecular formula is C22H21NO5S. The predicted molar refractivity (Wildman–Crippen MR) is 112 cm³/mol. The molecule has 0 atom stereocenters. The summed E-state index contributed by atoms with van der Waals surface area (Å²) in [5.74, 6) is 1.05. The monoisotopic (exact) mass is 411 g/mol. The first-order chi connectivity index (χ1) is 14.1. The summed E-state index contributed by atoms with van der Waals surface area (Å²) >= 11 is 1.52. The number of nitrogens with zero attached hydrogens (tertiary/aromatic N) is 1. The molecule has 3 aromatic rings. The number of rotatable bonds is 8. The summed E-state index contributed by atoms with van der Waals surface area (Å²) in [6.07, 6.45) is 2.98. The first kappa shape index (κ1) is 20.4. The summed E-state index contributed by atoms with van der Waals surface area (Å²) in [4.78, 5) is 16.6. The van der Waals surface area contributed by atoms with Crippen LogP contribution in [-0.4, -0.2) is 32.3 Å². The minimum absolute atomic E-state index is 0.113. The van der Waals surface area contributed by atoms with E-state index in [4.69, 9.17) is 18.9 Å². The fourth-order valence-corrected chi connectivity index (χ4v) is 3.45. The van der Waals surface area contributed by atoms with E-state index in [9.17, 15) is 4.79 Å². The van der Waals surface area contributed by atoms with Gasteiger partial charge in [-0.1, -0.05) is 30.3 Å². The quantitative estimate of drug-likeness (QED) is 0.399. The molecule has 0 unspecified atom stereocenters. The third-order valence-electron chi connectivity index (χ3n) is 4.03. The van der Waals surface area contributed by atoms with E-state index in [1.165, 1.54) is 38.7 Å². The van der Waals surface area contributed by atoms with Crippen LogP contribution in [0.25, 0.3) is 16.6 Å². The summed E-state index contributed by atoms with van der Waals surface area (Å²) < 4.78 is 21.2. The number of aromatic nitrogens is 1. The van der Waals surface area contributed by atoms with Gasteiger partial charge in [-0.2, -0.15) is 0 Å². The molecule has 0 aliphatic rings. The van der Waals surface area contributed by atoms with Gasteiger partial charge in [0.05, 0.1) is 27.0 Å². The van der Waals surface area contributed by atoms with Crippen molar-refractivity contribution >= 4 is 23.4 Å². The lowest BCUT2D eigenvalue weighted by molar-refractivity contribution is -0.139. The normalized spacial score (nSPS) is 10.7. The smallest absolute Gasteiger partial charge is 0.331 e. The molecule has 0 radical (unpaired) electrons. The van der Waals surface area contributed by atoms with Gasteiger partial charge in [0.1, 0.15) is 11.6 Å². The highest BCUT2D eigenvalue weighted by molar-refractivity contribution is 7.13. The predicted octanol–water partition coefficient (Wildman–Crippen LogP) is 4.59. The van der Waals surface area contributed by atoms with Crippen molar-refractivity contribution in [2.24, 2.45) is 0 Å². The van der Waals surface area contributed by atoms with Gasteiger partial charge in [-0.25, -0.2) is 9.78 Å². The van der Waals surface area contributed by atoms with Crippen LogP contribution in [0.2, 0.25) is 0 Å². The van der Waals surface area contributed by atoms with Crippen molar-refractivity contribution in [2.45, 2.75) is 6.61 Å². The van der Waals surface area contributed by atoms with E-state index in [0.29, 0.717) is 22.9 Å². The highest BCUT2D eigenvalue weighted by atomic mass is 32.1. The third kappa shape index (κ3) is 5.14. The van der Waals surface area contributed by atoms with Crippen molar-refractivity contribution in [1.82, 2.24) is 4.98 Å². The number of carbonyl (C=O) groups excluding carboxylic acids is 1. The molecule has 0 saturated heterocycles. The Bertz CT molecular complexity index is 972. The van der Waals surface area contributed by atoms with Crippen molar-refractivity contribution < 1.29 is 23.7 Å². The molecule has 0 spiro atoms. The van der Waals surface area contributed by atoms with Gasteiger partial charge in [0.25, 0.3) is 0 Å². The number of esters is 1. The van der Waals surface area contributed by atoms with Gasteiger partial charge >= 0.3 is 5.97 Å². The lowest BCUT2D eigenvalue weighted by Crippen LogP contribution is -2.01. The second-order valence-corrected chi connectivity index (χ2v) is 6.77. The van der Waals surface area contributed by atoms with Crippen molar-refractivity contribution in [1.29, 1.82) is 0 Å². The van der Waals surface area contributed by atoms with Crippen LogP contribution in [0.4, 0.5) is 0 Å². The molecule has 1 aromatic heterocycles. The van der Waals surface area contributed by atoms with Gasteiger partial charge in [0.15, 0.2) is 11.5 Å². The van der Waals surface area contributed by atoms with Crippen molar-refractivity contribution in [2.75, 3.05) is 21.3 Å². The number of benzene rings is 2. The summed E-state index contributed by atoms with van der Waals surface area (Å²) in [5, 5.41) is 2.78. The van der Waals surface area contributed by atoms with Crippen LogP contribution in [-0.2, 0) is 16.1 Å². The van der Waals surface area contributed by atoms with Gasteiger partial charge in [-0.3, -0.25) is 0 Å². The Morgan fingerprint density at radius 3 is 2.34 bits per heavy atom. The summed E-state index contributed by atoms with van der Waals surface area (Å²) in [6.45, 7) is 0.113. The van der Waals surface area contributed by atoms with Crippen molar-refractivity contribution in [3.63, 3.8) is 0 Å². The Morgan fingerprint density at radius 2 is 1.72 bits per heavy atom. The van der Waals surface area contributed by atoms with Crippen LogP contribution in [0.5, 0.6) is 17.2 Å². The van der Waals surface area contributed by atoms with E-state index >= 15 is 0 Å². The SMILES string of the molecule is COc1cc(/C=C/C(=O)OCc2csc(-c3ccccc3)n2)cc(OC)c1OC. The van der Waals surface area contributed by atoms with Gasteiger partial charge in [-0.15, -0.1) is 11.3 Å². The third-order valence-corrected chi connectivity index (χ3v) is 4.97. The van der Waals surface area contributed by atoms with Gasteiger partial charge in [0.2, 0.25) is 5.75 Å². The number of hydrogen-bond donors (Lipinski definition) is 0. The van der Waals surface area contributed by atoms with E-state index < -0.39 is 5.97 Å². The number of hydrogen-bond acceptors (Lipinski definition) is 7. The lowest BCUT2D eigenvalue weighted by atomic mass is 10.1. The van der Waals surface area contributed by atoms with E-state index in [1.54, 1.807) is 18.2 Å². The molecule has 1 heterocycles. The van der Waals surface area contributed by atoms with Crippen LogP contribution < -0.4 is 14.2 Å². The molecule has 0 N–H and O–H groups in total. The minimum Gasteiger partial charge on any atom is -0.493 e. The van der Waals surface area contributed by atoms with Crippen LogP contribution in [0.15, 0.2) is 53.9 Å². The Balaban J connectivity index is 1.62. The molecule has 29 heavy (non-hydrogen) atoms. The molecule has 6 nitrogen and oxygen atoms in total. The second-order valence-electron chi connectivity index (χ2n) is 5.91. The Hall–Kier alpha value is -3.32. The molecule has 2 aromatic carbocycles. The summed E-state index contributed by atoms with van der Waals surface area (Å²) in [5.41, 5.74) is 2.47. The molecule has 0 aliphatic carbocycles. The van der Waals surface area contributed by atoms with E-state index in [2.05, 4.69) is 4.98 Å². The molecule has 150 valence electrons. The highest BCUT2D eigenvalue weighted by Crippen LogP contribution is 2.38. The molecule has 0 fully saturated rings. The van der Waals surface area contributed by atoms with Crippen molar-refractivity contribution in [3.8, 4) is 27.8 Å². The van der Waals surface area contributed by atoms with Gasteiger partial charge in [-0.05, 0) is 23.8 Å². The Labute approximate surface area is 173 Å². The number of ether oxygens (including phenoxy) is 4. The maximum Gasteiger partial charge on any atom is 0.331 e. The molecule has 0 bridgehead atoms. The lowest BCUT2D eigenvalue weighted by Gasteiger charge is -2.12. The zero-order valence-electron chi connectivity index (χ0n) is 16.4. The van der Waals surface area contributed by atoms with Crippen molar-refractivity contribution in [3.05, 3.63) is 65.2 Å². The molecular weight excluding hydrogens is 390 g/mol. The minimum atomic E-state index is -0.465. The fourth-order valence-electron chi connectivity index (χ4n) is 2.64. The summed E-state index contributed by atoms with van der Waals surface area (Å²) in [7, 11) is 4.61. The first-order valence-corrected chi connectivity index (χ1v) is 9.67. The average molecular weight is 411 g/mol. The van der Waals surface area contributed by atoms with Crippen LogP contribution in [0, 0.1) is 0 Å². The molecule has 0 aliphatic heterocycles. The Morgan fingerprint density at radius 1 is 1.03 bits per heavy atom. The zero-order valence-corrected chi connectivity index (χ0v) is 17.2. The standard InChI is InChI=1S/C22H21NO5S/c1-25-18-11-15(12-19(26-2)21(18)27-3)9-10-20(24)28-13-17-14-29-22(23-17)16-7-5-4-6-8-16/h4-12,14H,13H2,1-3H3/b10-9+. The van der Waals surface area contributed by atoms with Gasteiger partial charge < -0.3 is 18.9 Å². The zero-order chi connectivity index (χ0) is 20.6. The van der Waals surface area contributed by atoms with E-state index in [1.807, 2.05) is 35.7 Å². The molecule has 0 saturated carbocycles. The largest absolute Gasteiger partial charge is 0.493 e. The summed E-state index contributed by atoms with van der Waals surface area (Å²) in [6, 6.07) is 13.4. The number of thiazole rings is 1. The highest BCUT2D eigenvalue weighted by Gasteiger charge is 2.12. The van der Waals surface area contributed by atoms with Crippen LogP contribution in [0.1, 0.15) is 11.3 Å². The topological polar surface area (TPSA) is 66.9 Å². The van der Waals surface area contributed by atoms with Crippen LogP contribution in [0.3, 0.4) is 0 Å². The van der Waals surface area contributed by atoms with E-state index in [0.717, 1.165) is 16.1 Å². The molecule has 3 rings (SSSR count). The fraction of sp³-hybridized carbons (Fsp3) is 0.182. The maximum absolute atomic E-state index is 12.1. The molecule has 0 amide bonds.